The molecule has 0 aliphatic rings. The Morgan fingerprint density at radius 1 is 0.909 bits per heavy atom. The first-order valence-corrected chi connectivity index (χ1v) is 6.60. The monoisotopic (exact) mass is 312 g/mol. The number of phenols is 1. The van der Waals surface area contributed by atoms with Crippen molar-refractivity contribution in [1.29, 1.82) is 0 Å². The molecule has 2 rings (SSSR count). The third-order valence-electron chi connectivity index (χ3n) is 2.70. The van der Waals surface area contributed by atoms with Crippen molar-refractivity contribution in [3.8, 4) is 23.0 Å². The smallest absolute Gasteiger partial charge is 0.420 e. The van der Waals surface area contributed by atoms with Crippen molar-refractivity contribution in [3.63, 3.8) is 0 Å². The fraction of sp³-hybridized carbons (Fsp3) is 0.250. The van der Waals surface area contributed by atoms with Gasteiger partial charge in [0.15, 0.2) is 0 Å². The number of aromatic hydroxyl groups is 1. The highest BCUT2D eigenvalue weighted by Crippen LogP contribution is 2.38. The SMILES string of the molecule is CC(C)Oc1ccc(Oc2ccc(O)c(C(F)(F)F)c2)cc1. The molecule has 0 fully saturated rings. The van der Waals surface area contributed by atoms with Gasteiger partial charge in [-0.2, -0.15) is 13.2 Å². The first kappa shape index (κ1) is 16.0. The van der Waals surface area contributed by atoms with Crippen molar-refractivity contribution in [3.05, 3.63) is 48.0 Å². The molecule has 22 heavy (non-hydrogen) atoms. The lowest BCUT2D eigenvalue weighted by Gasteiger charge is -2.13. The molecular weight excluding hydrogens is 297 g/mol. The van der Waals surface area contributed by atoms with Crippen LogP contribution in [0.5, 0.6) is 23.0 Å². The molecule has 0 amide bonds. The molecule has 0 atom stereocenters. The third kappa shape index (κ3) is 4.07. The Kier molecular flexibility index (Phi) is 4.49. The van der Waals surface area contributed by atoms with E-state index < -0.39 is 17.5 Å². The van der Waals surface area contributed by atoms with E-state index in [1.807, 2.05) is 13.8 Å². The summed E-state index contributed by atoms with van der Waals surface area (Å²) in [5.74, 6) is 0.169. The summed E-state index contributed by atoms with van der Waals surface area (Å²) in [7, 11) is 0. The number of hydrogen-bond donors (Lipinski definition) is 1. The molecule has 0 spiro atoms. The lowest BCUT2D eigenvalue weighted by Crippen LogP contribution is -2.05. The molecule has 118 valence electrons. The van der Waals surface area contributed by atoms with Crippen molar-refractivity contribution >= 4 is 0 Å². The zero-order valence-corrected chi connectivity index (χ0v) is 12.0. The first-order valence-electron chi connectivity index (χ1n) is 6.60. The fourth-order valence-corrected chi connectivity index (χ4v) is 1.80. The van der Waals surface area contributed by atoms with Crippen molar-refractivity contribution in [2.75, 3.05) is 0 Å². The van der Waals surface area contributed by atoms with Gasteiger partial charge in [0.05, 0.1) is 6.10 Å². The van der Waals surface area contributed by atoms with Gasteiger partial charge in [0.25, 0.3) is 0 Å². The summed E-state index contributed by atoms with van der Waals surface area (Å²) in [5.41, 5.74) is -1.13. The molecule has 0 aliphatic heterocycles. The van der Waals surface area contributed by atoms with Crippen molar-refractivity contribution in [2.45, 2.75) is 26.1 Å². The molecule has 0 saturated heterocycles. The van der Waals surface area contributed by atoms with Gasteiger partial charge in [-0.25, -0.2) is 0 Å². The van der Waals surface area contributed by atoms with Gasteiger partial charge in [0, 0.05) is 0 Å². The molecule has 0 heterocycles. The van der Waals surface area contributed by atoms with Crippen LogP contribution in [0.4, 0.5) is 13.2 Å². The molecule has 0 aromatic heterocycles. The van der Waals surface area contributed by atoms with Gasteiger partial charge in [-0.05, 0) is 56.3 Å². The molecule has 2 aromatic rings. The lowest BCUT2D eigenvalue weighted by molar-refractivity contribution is -0.138. The van der Waals surface area contributed by atoms with E-state index in [-0.39, 0.29) is 11.9 Å². The molecule has 0 radical (unpaired) electrons. The zero-order chi connectivity index (χ0) is 16.3. The molecule has 1 N–H and O–H groups in total. The maximum Gasteiger partial charge on any atom is 0.420 e. The molecule has 0 saturated carbocycles. The number of hydrogen-bond acceptors (Lipinski definition) is 3. The minimum atomic E-state index is -4.64. The number of halogens is 3. The summed E-state index contributed by atoms with van der Waals surface area (Å²) in [6.07, 6.45) is -4.61. The summed E-state index contributed by atoms with van der Waals surface area (Å²) in [4.78, 5) is 0. The highest BCUT2D eigenvalue weighted by Gasteiger charge is 2.34. The molecule has 2 aromatic carbocycles. The molecule has 0 aliphatic carbocycles. The Bertz CT molecular complexity index is 634. The minimum absolute atomic E-state index is 0.0114. The van der Waals surface area contributed by atoms with Gasteiger partial charge < -0.3 is 14.6 Å². The third-order valence-corrected chi connectivity index (χ3v) is 2.70. The van der Waals surface area contributed by atoms with E-state index >= 15 is 0 Å². The van der Waals surface area contributed by atoms with E-state index in [1.54, 1.807) is 24.3 Å². The predicted octanol–water partition coefficient (Wildman–Crippen LogP) is 4.99. The van der Waals surface area contributed by atoms with Gasteiger partial charge in [-0.3, -0.25) is 0 Å². The van der Waals surface area contributed by atoms with E-state index in [4.69, 9.17) is 9.47 Å². The van der Waals surface area contributed by atoms with Crippen molar-refractivity contribution < 1.29 is 27.8 Å². The van der Waals surface area contributed by atoms with Crippen LogP contribution in [0.1, 0.15) is 19.4 Å². The summed E-state index contributed by atoms with van der Waals surface area (Å²) in [5, 5.41) is 9.26. The average molecular weight is 312 g/mol. The number of ether oxygens (including phenoxy) is 2. The van der Waals surface area contributed by atoms with Gasteiger partial charge in [0.1, 0.15) is 28.6 Å². The van der Waals surface area contributed by atoms with Crippen LogP contribution in [0.3, 0.4) is 0 Å². The lowest BCUT2D eigenvalue weighted by atomic mass is 10.2. The summed E-state index contributed by atoms with van der Waals surface area (Å²) >= 11 is 0. The quantitative estimate of drug-likeness (QED) is 0.864. The maximum atomic E-state index is 12.7. The second-order valence-electron chi connectivity index (χ2n) is 4.92. The molecular formula is C16H15F3O3. The van der Waals surface area contributed by atoms with Gasteiger partial charge in [0.2, 0.25) is 0 Å². The van der Waals surface area contributed by atoms with Gasteiger partial charge in [-0.15, -0.1) is 0 Å². The van der Waals surface area contributed by atoms with Crippen LogP contribution in [0.2, 0.25) is 0 Å². The fourth-order valence-electron chi connectivity index (χ4n) is 1.80. The standard InChI is InChI=1S/C16H15F3O3/c1-10(2)21-11-3-5-12(6-4-11)22-13-7-8-15(20)14(9-13)16(17,18)19/h3-10,20H,1-2H3. The Morgan fingerprint density at radius 3 is 2.00 bits per heavy atom. The topological polar surface area (TPSA) is 38.7 Å². The minimum Gasteiger partial charge on any atom is -0.507 e. The van der Waals surface area contributed by atoms with Gasteiger partial charge >= 0.3 is 6.18 Å². The van der Waals surface area contributed by atoms with Crippen molar-refractivity contribution in [2.24, 2.45) is 0 Å². The second kappa shape index (κ2) is 6.17. The predicted molar refractivity (Wildman–Crippen MR) is 75.4 cm³/mol. The van der Waals surface area contributed by atoms with Crippen LogP contribution in [0.25, 0.3) is 0 Å². The molecule has 0 unspecified atom stereocenters. The molecule has 0 bridgehead atoms. The summed E-state index contributed by atoms with van der Waals surface area (Å²) in [6.45, 7) is 3.78. The van der Waals surface area contributed by atoms with E-state index in [2.05, 4.69) is 0 Å². The number of rotatable bonds is 4. The van der Waals surface area contributed by atoms with Crippen LogP contribution >= 0.6 is 0 Å². The van der Waals surface area contributed by atoms with Crippen LogP contribution in [-0.2, 0) is 6.18 Å². The highest BCUT2D eigenvalue weighted by atomic mass is 19.4. The van der Waals surface area contributed by atoms with E-state index in [1.165, 1.54) is 6.07 Å². The number of benzene rings is 2. The van der Waals surface area contributed by atoms with E-state index in [9.17, 15) is 18.3 Å². The summed E-state index contributed by atoms with van der Waals surface area (Å²) < 4.78 is 49.0. The highest BCUT2D eigenvalue weighted by molar-refractivity contribution is 5.43. The normalized spacial score (nSPS) is 11.5. The van der Waals surface area contributed by atoms with Crippen molar-refractivity contribution in [1.82, 2.24) is 0 Å². The molecule has 3 nitrogen and oxygen atoms in total. The molecule has 6 heteroatoms. The Morgan fingerprint density at radius 2 is 1.45 bits per heavy atom. The Balaban J connectivity index is 2.17. The zero-order valence-electron chi connectivity index (χ0n) is 12.0. The van der Waals surface area contributed by atoms with Gasteiger partial charge in [-0.1, -0.05) is 0 Å². The Hall–Kier alpha value is -2.37. The first-order chi connectivity index (χ1) is 10.3. The van der Waals surface area contributed by atoms with Crippen LogP contribution in [0, 0.1) is 0 Å². The number of alkyl halides is 3. The van der Waals surface area contributed by atoms with E-state index in [0.29, 0.717) is 11.5 Å². The average Bonchev–Trinajstić information content (AvgIpc) is 2.41. The summed E-state index contributed by atoms with van der Waals surface area (Å²) in [6, 6.07) is 9.50. The van der Waals surface area contributed by atoms with E-state index in [0.717, 1.165) is 12.1 Å². The van der Waals surface area contributed by atoms with Crippen LogP contribution in [-0.4, -0.2) is 11.2 Å². The largest absolute Gasteiger partial charge is 0.507 e. The number of phenolic OH excluding ortho intramolecular Hbond substituents is 1. The second-order valence-corrected chi connectivity index (χ2v) is 4.92. The van der Waals surface area contributed by atoms with Crippen LogP contribution in [0.15, 0.2) is 42.5 Å². The maximum absolute atomic E-state index is 12.7. The Labute approximate surface area is 125 Å². The van der Waals surface area contributed by atoms with Crippen LogP contribution < -0.4 is 9.47 Å².